The third kappa shape index (κ3) is 8.02. The molecule has 0 aromatic rings. The summed E-state index contributed by atoms with van der Waals surface area (Å²) in [7, 11) is 0. The van der Waals surface area contributed by atoms with E-state index in [0.717, 1.165) is 19.4 Å². The molecule has 1 atom stereocenters. The molecule has 0 bridgehead atoms. The maximum absolute atomic E-state index is 5.50. The van der Waals surface area contributed by atoms with Gasteiger partial charge in [0.2, 0.25) is 0 Å². The van der Waals surface area contributed by atoms with Crippen LogP contribution in [0.2, 0.25) is 0 Å². The van der Waals surface area contributed by atoms with Crippen LogP contribution in [-0.4, -0.2) is 25.9 Å². The lowest BCUT2D eigenvalue weighted by atomic mass is 10.2. The summed E-state index contributed by atoms with van der Waals surface area (Å²) in [6.07, 6.45) is 6.85. The SMILES string of the molecule is C=CCOC(CC=C)COCCCC. The molecule has 82 valence electrons. The minimum Gasteiger partial charge on any atom is -0.379 e. The molecule has 0 aromatic carbocycles. The van der Waals surface area contributed by atoms with Crippen LogP contribution in [0.4, 0.5) is 0 Å². The van der Waals surface area contributed by atoms with Gasteiger partial charge in [-0.15, -0.1) is 13.2 Å². The number of ether oxygens (including phenoxy) is 2. The molecule has 2 nitrogen and oxygen atoms in total. The van der Waals surface area contributed by atoms with Crippen molar-refractivity contribution in [1.29, 1.82) is 0 Å². The average molecular weight is 198 g/mol. The summed E-state index contributed by atoms with van der Waals surface area (Å²) in [5.41, 5.74) is 0. The Labute approximate surface area is 87.6 Å². The van der Waals surface area contributed by atoms with Crippen molar-refractivity contribution >= 4 is 0 Å². The highest BCUT2D eigenvalue weighted by Gasteiger charge is 2.05. The predicted molar refractivity (Wildman–Crippen MR) is 60.5 cm³/mol. The molecule has 0 aliphatic carbocycles. The van der Waals surface area contributed by atoms with E-state index in [2.05, 4.69) is 20.1 Å². The first-order valence-electron chi connectivity index (χ1n) is 5.26. The minimum atomic E-state index is 0.127. The van der Waals surface area contributed by atoms with Gasteiger partial charge in [-0.3, -0.25) is 0 Å². The molecule has 14 heavy (non-hydrogen) atoms. The molecule has 0 heterocycles. The van der Waals surface area contributed by atoms with E-state index in [4.69, 9.17) is 9.47 Å². The summed E-state index contributed by atoms with van der Waals surface area (Å²) in [5, 5.41) is 0. The standard InChI is InChI=1S/C12H22O2/c1-4-7-10-13-11-12(8-5-2)14-9-6-3/h5-6,12H,2-4,7-11H2,1H3. The summed E-state index contributed by atoms with van der Waals surface area (Å²) in [4.78, 5) is 0. The van der Waals surface area contributed by atoms with Crippen molar-refractivity contribution in [3.8, 4) is 0 Å². The lowest BCUT2D eigenvalue weighted by Gasteiger charge is -2.15. The van der Waals surface area contributed by atoms with Crippen LogP contribution in [0.25, 0.3) is 0 Å². The Balaban J connectivity index is 3.50. The van der Waals surface area contributed by atoms with E-state index in [1.165, 1.54) is 6.42 Å². The van der Waals surface area contributed by atoms with Gasteiger partial charge in [0.25, 0.3) is 0 Å². The van der Waals surface area contributed by atoms with E-state index >= 15 is 0 Å². The normalized spacial score (nSPS) is 12.4. The molecule has 0 spiro atoms. The van der Waals surface area contributed by atoms with Crippen LogP contribution >= 0.6 is 0 Å². The largest absolute Gasteiger partial charge is 0.379 e. The van der Waals surface area contributed by atoms with Crippen molar-refractivity contribution in [2.45, 2.75) is 32.3 Å². The highest BCUT2D eigenvalue weighted by Crippen LogP contribution is 2.01. The van der Waals surface area contributed by atoms with Crippen molar-refractivity contribution in [1.82, 2.24) is 0 Å². The zero-order chi connectivity index (χ0) is 10.6. The lowest BCUT2D eigenvalue weighted by Crippen LogP contribution is -2.19. The zero-order valence-electron chi connectivity index (χ0n) is 9.21. The van der Waals surface area contributed by atoms with Gasteiger partial charge in [-0.25, -0.2) is 0 Å². The predicted octanol–water partition coefficient (Wildman–Crippen LogP) is 2.95. The summed E-state index contributed by atoms with van der Waals surface area (Å²) >= 11 is 0. The highest BCUT2D eigenvalue weighted by molar-refractivity contribution is 4.75. The second-order valence-corrected chi connectivity index (χ2v) is 3.20. The number of hydrogen-bond acceptors (Lipinski definition) is 2. The first-order chi connectivity index (χ1) is 6.85. The molecule has 0 aliphatic rings. The molecular weight excluding hydrogens is 176 g/mol. The first kappa shape index (κ1) is 13.4. The summed E-state index contributed by atoms with van der Waals surface area (Å²) < 4.78 is 11.0. The van der Waals surface area contributed by atoms with Crippen LogP contribution in [0.3, 0.4) is 0 Å². The maximum Gasteiger partial charge on any atom is 0.0846 e. The molecule has 2 heteroatoms. The van der Waals surface area contributed by atoms with Crippen molar-refractivity contribution in [2.75, 3.05) is 19.8 Å². The van der Waals surface area contributed by atoms with Crippen LogP contribution in [0.5, 0.6) is 0 Å². The second kappa shape index (κ2) is 10.5. The molecule has 0 aliphatic heterocycles. The van der Waals surface area contributed by atoms with Crippen molar-refractivity contribution in [2.24, 2.45) is 0 Å². The molecule has 0 amide bonds. The van der Waals surface area contributed by atoms with Gasteiger partial charge >= 0.3 is 0 Å². The van der Waals surface area contributed by atoms with E-state index in [1.807, 2.05) is 6.08 Å². The molecule has 1 unspecified atom stereocenters. The van der Waals surface area contributed by atoms with Crippen LogP contribution in [0.1, 0.15) is 26.2 Å². The molecular formula is C12H22O2. The average Bonchev–Trinajstić information content (AvgIpc) is 2.20. The van der Waals surface area contributed by atoms with Crippen LogP contribution in [0.15, 0.2) is 25.3 Å². The van der Waals surface area contributed by atoms with E-state index < -0.39 is 0 Å². The Hall–Kier alpha value is -0.600. The van der Waals surface area contributed by atoms with Gasteiger partial charge in [-0.2, -0.15) is 0 Å². The monoisotopic (exact) mass is 198 g/mol. The summed E-state index contributed by atoms with van der Waals surface area (Å²) in [6, 6.07) is 0. The molecule has 0 saturated carbocycles. The van der Waals surface area contributed by atoms with Gasteiger partial charge in [-0.1, -0.05) is 25.5 Å². The molecule has 0 saturated heterocycles. The van der Waals surface area contributed by atoms with Crippen LogP contribution in [-0.2, 0) is 9.47 Å². The Morgan fingerprint density at radius 2 is 2.07 bits per heavy atom. The Morgan fingerprint density at radius 3 is 2.64 bits per heavy atom. The van der Waals surface area contributed by atoms with Gasteiger partial charge < -0.3 is 9.47 Å². The summed E-state index contributed by atoms with van der Waals surface area (Å²) in [5.74, 6) is 0. The number of hydrogen-bond donors (Lipinski definition) is 0. The maximum atomic E-state index is 5.50. The molecule has 0 aromatic heterocycles. The third-order valence-electron chi connectivity index (χ3n) is 1.83. The van der Waals surface area contributed by atoms with E-state index in [-0.39, 0.29) is 6.10 Å². The summed E-state index contributed by atoms with van der Waals surface area (Å²) in [6.45, 7) is 11.5. The Morgan fingerprint density at radius 1 is 1.29 bits per heavy atom. The molecule has 0 radical (unpaired) electrons. The Bertz CT molecular complexity index is 143. The fourth-order valence-corrected chi connectivity index (χ4v) is 1.04. The highest BCUT2D eigenvalue weighted by atomic mass is 16.5. The van der Waals surface area contributed by atoms with Gasteiger partial charge in [0, 0.05) is 6.61 Å². The quantitative estimate of drug-likeness (QED) is 0.397. The topological polar surface area (TPSA) is 18.5 Å². The van der Waals surface area contributed by atoms with Gasteiger partial charge in [0.1, 0.15) is 0 Å². The smallest absolute Gasteiger partial charge is 0.0846 e. The van der Waals surface area contributed by atoms with E-state index in [0.29, 0.717) is 13.2 Å². The second-order valence-electron chi connectivity index (χ2n) is 3.20. The van der Waals surface area contributed by atoms with Gasteiger partial charge in [-0.05, 0) is 12.8 Å². The van der Waals surface area contributed by atoms with Crippen molar-refractivity contribution < 1.29 is 9.47 Å². The number of unbranched alkanes of at least 4 members (excludes halogenated alkanes) is 1. The first-order valence-corrected chi connectivity index (χ1v) is 5.26. The lowest BCUT2D eigenvalue weighted by molar-refractivity contribution is -0.00429. The van der Waals surface area contributed by atoms with Crippen LogP contribution in [0, 0.1) is 0 Å². The molecule has 0 rings (SSSR count). The van der Waals surface area contributed by atoms with Crippen molar-refractivity contribution in [3.63, 3.8) is 0 Å². The fraction of sp³-hybridized carbons (Fsp3) is 0.667. The van der Waals surface area contributed by atoms with Gasteiger partial charge in [0.15, 0.2) is 0 Å². The third-order valence-corrected chi connectivity index (χ3v) is 1.83. The van der Waals surface area contributed by atoms with E-state index in [1.54, 1.807) is 6.08 Å². The fourth-order valence-electron chi connectivity index (χ4n) is 1.04. The zero-order valence-corrected chi connectivity index (χ0v) is 9.21. The number of rotatable bonds is 10. The minimum absolute atomic E-state index is 0.127. The molecule has 0 fully saturated rings. The van der Waals surface area contributed by atoms with Crippen molar-refractivity contribution in [3.05, 3.63) is 25.3 Å². The van der Waals surface area contributed by atoms with Gasteiger partial charge in [0.05, 0.1) is 19.3 Å². The Kier molecular flexibility index (Phi) is 10.0. The van der Waals surface area contributed by atoms with E-state index in [9.17, 15) is 0 Å². The van der Waals surface area contributed by atoms with Crippen LogP contribution < -0.4 is 0 Å². The molecule has 0 N–H and O–H groups in total.